The number of rotatable bonds is 5. The van der Waals surface area contributed by atoms with E-state index < -0.39 is 8.32 Å². The molecule has 0 bridgehead atoms. The van der Waals surface area contributed by atoms with E-state index >= 15 is 0 Å². The molecule has 0 amide bonds. The summed E-state index contributed by atoms with van der Waals surface area (Å²) in [5, 5.41) is 9.33. The van der Waals surface area contributed by atoms with Gasteiger partial charge in [0.2, 0.25) is 0 Å². The Balaban J connectivity index is 4.39. The fraction of sp³-hybridized carbons (Fsp3) is 0.818. The van der Waals surface area contributed by atoms with Gasteiger partial charge in [-0.05, 0) is 24.6 Å². The second-order valence-corrected chi connectivity index (χ2v) is 9.96. The third-order valence-electron chi connectivity index (χ3n) is 2.90. The monoisotopic (exact) mass is 216 g/mol. The minimum atomic E-state index is -1.73. The van der Waals surface area contributed by atoms with Crippen molar-refractivity contribution >= 4 is 8.32 Å². The molecule has 1 atom stereocenters. The number of aliphatic hydroxyl groups is 1. The molecule has 0 heterocycles. The fourth-order valence-electron chi connectivity index (χ4n) is 0.939. The van der Waals surface area contributed by atoms with Crippen LogP contribution < -0.4 is 0 Å². The van der Waals surface area contributed by atoms with Crippen LogP contribution in [0.4, 0.5) is 0 Å². The molecule has 0 saturated heterocycles. The average Bonchev–Trinajstić information content (AvgIpc) is 2.01. The van der Waals surface area contributed by atoms with Gasteiger partial charge >= 0.3 is 0 Å². The van der Waals surface area contributed by atoms with Crippen molar-refractivity contribution in [2.24, 2.45) is 0 Å². The molecule has 14 heavy (non-hydrogen) atoms. The van der Waals surface area contributed by atoms with Crippen molar-refractivity contribution in [2.45, 2.75) is 51.4 Å². The molecule has 3 heteroatoms. The van der Waals surface area contributed by atoms with Gasteiger partial charge in [0.05, 0.1) is 12.7 Å². The molecule has 0 spiro atoms. The molecule has 1 unspecified atom stereocenters. The van der Waals surface area contributed by atoms with E-state index in [1.165, 1.54) is 0 Å². The highest BCUT2D eigenvalue weighted by atomic mass is 28.4. The van der Waals surface area contributed by atoms with Crippen LogP contribution in [0, 0.1) is 0 Å². The highest BCUT2D eigenvalue weighted by Gasteiger charge is 2.38. The van der Waals surface area contributed by atoms with Crippen molar-refractivity contribution < 1.29 is 9.53 Å². The van der Waals surface area contributed by atoms with Crippen LogP contribution in [0.2, 0.25) is 18.1 Å². The van der Waals surface area contributed by atoms with Gasteiger partial charge in [-0.15, -0.1) is 6.58 Å². The van der Waals surface area contributed by atoms with Crippen LogP contribution in [0.25, 0.3) is 0 Å². The predicted octanol–water partition coefficient (Wildman–Crippen LogP) is 2.95. The van der Waals surface area contributed by atoms with Crippen LogP contribution in [0.15, 0.2) is 12.7 Å². The standard InChI is InChI=1S/C11H24O2Si/c1-7-8-10(9-12)13-14(5,6)11(2,3)4/h7,10,12H,1,8-9H2,2-6H3. The van der Waals surface area contributed by atoms with Crippen LogP contribution in [0.5, 0.6) is 0 Å². The highest BCUT2D eigenvalue weighted by Crippen LogP contribution is 2.37. The summed E-state index contributed by atoms with van der Waals surface area (Å²) in [5.41, 5.74) is 0. The highest BCUT2D eigenvalue weighted by molar-refractivity contribution is 6.74. The van der Waals surface area contributed by atoms with E-state index in [-0.39, 0.29) is 17.7 Å². The molecule has 0 rings (SSSR count). The lowest BCUT2D eigenvalue weighted by molar-refractivity contribution is 0.105. The lowest BCUT2D eigenvalue weighted by Gasteiger charge is -2.38. The maximum absolute atomic E-state index is 9.14. The van der Waals surface area contributed by atoms with E-state index in [1.807, 2.05) is 0 Å². The summed E-state index contributed by atoms with van der Waals surface area (Å²) < 4.78 is 6.01. The summed E-state index contributed by atoms with van der Waals surface area (Å²) in [4.78, 5) is 0. The Hall–Kier alpha value is -0.123. The lowest BCUT2D eigenvalue weighted by atomic mass is 10.2. The van der Waals surface area contributed by atoms with E-state index in [1.54, 1.807) is 6.08 Å². The summed E-state index contributed by atoms with van der Waals surface area (Å²) in [6, 6.07) is 0. The Morgan fingerprint density at radius 1 is 1.43 bits per heavy atom. The third-order valence-corrected chi connectivity index (χ3v) is 7.44. The molecule has 1 N–H and O–H groups in total. The Kier molecular flexibility index (Phi) is 5.05. The molecule has 0 aliphatic rings. The van der Waals surface area contributed by atoms with Crippen molar-refractivity contribution in [3.05, 3.63) is 12.7 Å². The summed E-state index contributed by atoms with van der Waals surface area (Å²) in [6.45, 7) is 14.7. The van der Waals surface area contributed by atoms with Gasteiger partial charge < -0.3 is 9.53 Å². The minimum absolute atomic E-state index is 0.0756. The number of hydrogen-bond donors (Lipinski definition) is 1. The van der Waals surface area contributed by atoms with Gasteiger partial charge in [-0.1, -0.05) is 26.8 Å². The summed E-state index contributed by atoms with van der Waals surface area (Å²) in [6.07, 6.45) is 2.45. The molecule has 0 aromatic carbocycles. The molecule has 0 aromatic heterocycles. The zero-order chi connectivity index (χ0) is 11.4. The van der Waals surface area contributed by atoms with Gasteiger partial charge in [-0.2, -0.15) is 0 Å². The van der Waals surface area contributed by atoms with Crippen LogP contribution in [0.1, 0.15) is 27.2 Å². The molecule has 0 aromatic rings. The molecule has 0 saturated carbocycles. The Morgan fingerprint density at radius 3 is 2.21 bits per heavy atom. The first kappa shape index (κ1) is 13.9. The van der Waals surface area contributed by atoms with Gasteiger partial charge in [-0.25, -0.2) is 0 Å². The fourth-order valence-corrected chi connectivity index (χ4v) is 2.30. The van der Waals surface area contributed by atoms with E-state index in [0.29, 0.717) is 0 Å². The topological polar surface area (TPSA) is 29.5 Å². The van der Waals surface area contributed by atoms with E-state index in [2.05, 4.69) is 40.4 Å². The number of aliphatic hydroxyl groups excluding tert-OH is 1. The van der Waals surface area contributed by atoms with Gasteiger partial charge in [0.15, 0.2) is 8.32 Å². The SMILES string of the molecule is C=CCC(CO)O[Si](C)(C)C(C)(C)C. The lowest BCUT2D eigenvalue weighted by Crippen LogP contribution is -2.44. The Morgan fingerprint density at radius 2 is 1.93 bits per heavy atom. The van der Waals surface area contributed by atoms with Crippen molar-refractivity contribution in [2.75, 3.05) is 6.61 Å². The summed E-state index contributed by atoms with van der Waals surface area (Å²) in [7, 11) is -1.73. The molecule has 0 aliphatic heterocycles. The Bertz CT molecular complexity index is 182. The van der Waals surface area contributed by atoms with Crippen LogP contribution in [-0.2, 0) is 4.43 Å². The van der Waals surface area contributed by atoms with Crippen LogP contribution in [-0.4, -0.2) is 26.1 Å². The van der Waals surface area contributed by atoms with Crippen LogP contribution in [0.3, 0.4) is 0 Å². The first-order chi connectivity index (χ1) is 6.24. The quantitative estimate of drug-likeness (QED) is 0.565. The first-order valence-corrected chi connectivity index (χ1v) is 8.05. The molecule has 2 nitrogen and oxygen atoms in total. The van der Waals surface area contributed by atoms with Gasteiger partial charge in [0.1, 0.15) is 0 Å². The van der Waals surface area contributed by atoms with Crippen LogP contribution >= 0.6 is 0 Å². The maximum Gasteiger partial charge on any atom is 0.192 e. The molecular formula is C11H24O2Si. The van der Waals surface area contributed by atoms with Crippen molar-refractivity contribution in [3.8, 4) is 0 Å². The second kappa shape index (κ2) is 5.10. The smallest absolute Gasteiger partial charge is 0.192 e. The van der Waals surface area contributed by atoms with E-state index in [0.717, 1.165) is 6.42 Å². The zero-order valence-electron chi connectivity index (χ0n) is 10.1. The normalized spacial score (nSPS) is 15.3. The van der Waals surface area contributed by atoms with Gasteiger partial charge in [-0.3, -0.25) is 0 Å². The Labute approximate surface area is 89.1 Å². The molecule has 0 radical (unpaired) electrons. The number of hydrogen-bond acceptors (Lipinski definition) is 2. The van der Waals surface area contributed by atoms with E-state index in [4.69, 9.17) is 9.53 Å². The van der Waals surface area contributed by atoms with Gasteiger partial charge in [0.25, 0.3) is 0 Å². The molecule has 84 valence electrons. The van der Waals surface area contributed by atoms with Crippen molar-refractivity contribution in [1.29, 1.82) is 0 Å². The van der Waals surface area contributed by atoms with E-state index in [9.17, 15) is 0 Å². The molecule has 0 fully saturated rings. The van der Waals surface area contributed by atoms with Crippen molar-refractivity contribution in [3.63, 3.8) is 0 Å². The average molecular weight is 216 g/mol. The first-order valence-electron chi connectivity index (χ1n) is 5.14. The largest absolute Gasteiger partial charge is 0.411 e. The predicted molar refractivity (Wildman–Crippen MR) is 64.0 cm³/mol. The maximum atomic E-state index is 9.14. The molecular weight excluding hydrogens is 192 g/mol. The van der Waals surface area contributed by atoms with Gasteiger partial charge in [0, 0.05) is 0 Å². The third kappa shape index (κ3) is 3.94. The summed E-state index contributed by atoms with van der Waals surface area (Å²) in [5.74, 6) is 0. The summed E-state index contributed by atoms with van der Waals surface area (Å²) >= 11 is 0. The van der Waals surface area contributed by atoms with Crippen molar-refractivity contribution in [1.82, 2.24) is 0 Å². The second-order valence-electron chi connectivity index (χ2n) is 5.21. The minimum Gasteiger partial charge on any atom is -0.411 e. The zero-order valence-corrected chi connectivity index (χ0v) is 11.1. The molecule has 0 aliphatic carbocycles.